The lowest BCUT2D eigenvalue weighted by atomic mass is 9.76. The highest BCUT2D eigenvalue weighted by atomic mass is 32.1. The molecule has 0 aromatic carbocycles. The van der Waals surface area contributed by atoms with Crippen LogP contribution in [0.15, 0.2) is 24.0 Å². The van der Waals surface area contributed by atoms with Crippen LogP contribution >= 0.6 is 11.3 Å². The number of hydrogen-bond acceptors (Lipinski definition) is 8. The predicted molar refractivity (Wildman–Crippen MR) is 160 cm³/mol. The fourth-order valence-electron chi connectivity index (χ4n) is 7.01. The van der Waals surface area contributed by atoms with Crippen LogP contribution in [0.5, 0.6) is 0 Å². The monoisotopic (exact) mass is 593 g/mol. The molecule has 2 aliphatic carbocycles. The molecule has 2 N–H and O–H groups in total. The number of primary amides is 1. The zero-order valence-electron chi connectivity index (χ0n) is 25.4. The second kappa shape index (κ2) is 11.2. The summed E-state index contributed by atoms with van der Waals surface area (Å²) in [6.45, 7) is 11.1. The van der Waals surface area contributed by atoms with Crippen LogP contribution < -0.4 is 5.73 Å². The SMILES string of the molecule is CC(C)(C)[C@H](Cc1nc(-c2cnccn2)cs1)C(=O)N1C[C@@]2(C[C@H]1C(=O)CC(CC1CCC1)C(=O)C(N)=O)CC2(C)C. The number of thiazole rings is 1. The Morgan fingerprint density at radius 1 is 1.14 bits per heavy atom. The molecule has 226 valence electrons. The number of amides is 2. The van der Waals surface area contributed by atoms with Crippen molar-refractivity contribution in [3.05, 3.63) is 29.0 Å². The number of Topliss-reactive ketones (excluding diaryl/α,β-unsaturated/α-hetero) is 2. The molecule has 3 heterocycles. The normalized spacial score (nSPS) is 24.7. The number of carbonyl (C=O) groups is 4. The highest BCUT2D eigenvalue weighted by Gasteiger charge is 2.67. The summed E-state index contributed by atoms with van der Waals surface area (Å²) in [6.07, 6.45) is 10.5. The second-order valence-corrected chi connectivity index (χ2v) is 15.4. The standard InChI is InChI=1S/C32H43N5O4S/c1-30(2,3)21(13-26-36-23(16-42-26)22-15-34-9-10-35-22)29(41)37-18-32(17-31(32,4)5)14-24(37)25(38)12-20(27(39)28(33)40)11-19-7-6-8-19/h9-10,15-16,19-21,24H,6-8,11-14,17-18H2,1-5H3,(H2,33,40)/t20?,21-,24+,32-/m1/s1. The minimum absolute atomic E-state index is 0.0348. The first-order valence-corrected chi connectivity index (χ1v) is 16.0. The molecule has 1 saturated heterocycles. The van der Waals surface area contributed by atoms with Crippen LogP contribution in [-0.4, -0.2) is 55.8 Å². The van der Waals surface area contributed by atoms with Gasteiger partial charge < -0.3 is 10.6 Å². The molecule has 5 rings (SSSR count). The smallest absolute Gasteiger partial charge is 0.285 e. The molecule has 3 aliphatic rings. The summed E-state index contributed by atoms with van der Waals surface area (Å²) in [7, 11) is 0. The van der Waals surface area contributed by atoms with Crippen molar-refractivity contribution in [2.75, 3.05) is 6.54 Å². The fourth-order valence-corrected chi connectivity index (χ4v) is 7.84. The van der Waals surface area contributed by atoms with Crippen LogP contribution in [-0.2, 0) is 25.6 Å². The molecule has 3 fully saturated rings. The van der Waals surface area contributed by atoms with Gasteiger partial charge in [0.2, 0.25) is 11.7 Å². The van der Waals surface area contributed by atoms with Gasteiger partial charge in [-0.1, -0.05) is 53.9 Å². The number of hydrogen-bond donors (Lipinski definition) is 1. The van der Waals surface area contributed by atoms with E-state index in [4.69, 9.17) is 10.7 Å². The third-order valence-electron chi connectivity index (χ3n) is 10.2. The quantitative estimate of drug-likeness (QED) is 0.375. The molecule has 0 bridgehead atoms. The molecular formula is C32H43N5O4S. The number of ketones is 2. The topological polar surface area (TPSA) is 136 Å². The first-order valence-electron chi connectivity index (χ1n) is 15.1. The Kier molecular flexibility index (Phi) is 8.15. The van der Waals surface area contributed by atoms with E-state index in [0.29, 0.717) is 37.4 Å². The lowest BCUT2D eigenvalue weighted by molar-refractivity contribution is -0.145. The first kappa shape index (κ1) is 30.4. The average Bonchev–Trinajstić information content (AvgIpc) is 3.27. The number of rotatable bonds is 11. The summed E-state index contributed by atoms with van der Waals surface area (Å²) in [5.74, 6) is -2.59. The number of nitrogens with zero attached hydrogens (tertiary/aromatic N) is 4. The van der Waals surface area contributed by atoms with Gasteiger partial charge in [-0.2, -0.15) is 0 Å². The Morgan fingerprint density at radius 3 is 2.40 bits per heavy atom. The maximum absolute atomic E-state index is 14.5. The molecule has 2 aromatic heterocycles. The highest BCUT2D eigenvalue weighted by Crippen LogP contribution is 2.69. The summed E-state index contributed by atoms with van der Waals surface area (Å²) in [6, 6.07) is -0.611. The second-order valence-electron chi connectivity index (χ2n) is 14.5. The molecule has 1 unspecified atom stereocenters. The van der Waals surface area contributed by atoms with Crippen LogP contribution in [0.25, 0.3) is 11.4 Å². The van der Waals surface area contributed by atoms with Gasteiger partial charge in [-0.25, -0.2) is 4.98 Å². The summed E-state index contributed by atoms with van der Waals surface area (Å²) >= 11 is 1.50. The number of nitrogens with two attached hydrogens (primary N) is 1. The van der Waals surface area contributed by atoms with Gasteiger partial charge in [0.05, 0.1) is 17.2 Å². The van der Waals surface area contributed by atoms with Crippen LogP contribution in [0, 0.1) is 34.0 Å². The van der Waals surface area contributed by atoms with Crippen molar-refractivity contribution < 1.29 is 19.2 Å². The van der Waals surface area contributed by atoms with Crippen molar-refractivity contribution in [3.8, 4) is 11.4 Å². The Balaban J connectivity index is 1.38. The molecule has 2 aromatic rings. The summed E-state index contributed by atoms with van der Waals surface area (Å²) in [5.41, 5.74) is 6.35. The largest absolute Gasteiger partial charge is 0.363 e. The maximum atomic E-state index is 14.5. The molecule has 1 spiro atoms. The summed E-state index contributed by atoms with van der Waals surface area (Å²) in [5, 5.41) is 2.77. The van der Waals surface area contributed by atoms with E-state index < -0.39 is 29.6 Å². The van der Waals surface area contributed by atoms with Crippen molar-refractivity contribution in [3.63, 3.8) is 0 Å². The minimum Gasteiger partial charge on any atom is -0.363 e. The third kappa shape index (κ3) is 6.05. The Hall–Kier alpha value is -3.01. The van der Waals surface area contributed by atoms with Gasteiger partial charge in [-0.05, 0) is 41.4 Å². The maximum Gasteiger partial charge on any atom is 0.285 e. The van der Waals surface area contributed by atoms with Gasteiger partial charge in [0, 0.05) is 49.0 Å². The van der Waals surface area contributed by atoms with Crippen LogP contribution in [0.4, 0.5) is 0 Å². The molecule has 0 radical (unpaired) electrons. The van der Waals surface area contributed by atoms with E-state index in [0.717, 1.165) is 36.4 Å². The number of aromatic nitrogens is 3. The fraction of sp³-hybridized carbons (Fsp3) is 0.656. The van der Waals surface area contributed by atoms with Crippen LogP contribution in [0.2, 0.25) is 0 Å². The van der Waals surface area contributed by atoms with E-state index in [-0.39, 0.29) is 34.4 Å². The van der Waals surface area contributed by atoms with Crippen molar-refractivity contribution >= 4 is 34.7 Å². The summed E-state index contributed by atoms with van der Waals surface area (Å²) < 4.78 is 0. The Morgan fingerprint density at radius 2 is 1.86 bits per heavy atom. The molecule has 42 heavy (non-hydrogen) atoms. The Labute approximate surface area is 252 Å². The Bertz CT molecular complexity index is 1360. The zero-order chi connectivity index (χ0) is 30.4. The van der Waals surface area contributed by atoms with E-state index in [1.54, 1.807) is 23.5 Å². The van der Waals surface area contributed by atoms with Gasteiger partial charge in [-0.3, -0.25) is 29.1 Å². The number of likely N-dealkylation sites (tertiary alicyclic amines) is 1. The van der Waals surface area contributed by atoms with E-state index in [1.165, 1.54) is 11.3 Å². The molecule has 1 aliphatic heterocycles. The average molecular weight is 594 g/mol. The van der Waals surface area contributed by atoms with E-state index in [9.17, 15) is 19.2 Å². The number of carbonyl (C=O) groups excluding carboxylic acids is 4. The molecular weight excluding hydrogens is 550 g/mol. The van der Waals surface area contributed by atoms with Crippen LogP contribution in [0.3, 0.4) is 0 Å². The van der Waals surface area contributed by atoms with Gasteiger partial charge in [0.25, 0.3) is 5.91 Å². The van der Waals surface area contributed by atoms with Gasteiger partial charge >= 0.3 is 0 Å². The molecule has 10 heteroatoms. The zero-order valence-corrected chi connectivity index (χ0v) is 26.2. The van der Waals surface area contributed by atoms with Gasteiger partial charge in [0.1, 0.15) is 11.4 Å². The lowest BCUT2D eigenvalue weighted by Gasteiger charge is -2.35. The van der Waals surface area contributed by atoms with E-state index in [1.807, 2.05) is 5.38 Å². The lowest BCUT2D eigenvalue weighted by Crippen LogP contribution is -2.48. The molecule has 2 saturated carbocycles. The highest BCUT2D eigenvalue weighted by molar-refractivity contribution is 7.09. The van der Waals surface area contributed by atoms with Crippen molar-refractivity contribution in [1.29, 1.82) is 0 Å². The predicted octanol–water partition coefficient (Wildman–Crippen LogP) is 4.64. The third-order valence-corrected chi connectivity index (χ3v) is 11.1. The van der Waals surface area contributed by atoms with Crippen molar-refractivity contribution in [1.82, 2.24) is 19.9 Å². The van der Waals surface area contributed by atoms with Gasteiger partial charge in [-0.15, -0.1) is 11.3 Å². The molecule has 4 atom stereocenters. The van der Waals surface area contributed by atoms with Crippen molar-refractivity contribution in [2.24, 2.45) is 39.7 Å². The van der Waals surface area contributed by atoms with Gasteiger partial charge in [0.15, 0.2) is 5.78 Å². The molecule has 9 nitrogen and oxygen atoms in total. The summed E-state index contributed by atoms with van der Waals surface area (Å²) in [4.78, 5) is 68.1. The minimum atomic E-state index is -0.983. The van der Waals surface area contributed by atoms with E-state index >= 15 is 0 Å². The van der Waals surface area contributed by atoms with Crippen LogP contribution in [0.1, 0.15) is 84.6 Å². The molecule has 2 amide bonds. The van der Waals surface area contributed by atoms with Crippen molar-refractivity contribution in [2.45, 2.75) is 92.0 Å². The first-order chi connectivity index (χ1) is 19.7. The van der Waals surface area contributed by atoms with E-state index in [2.05, 4.69) is 44.6 Å².